The Bertz CT molecular complexity index is 352. The smallest absolute Gasteiger partial charge is 0.119 e. The maximum absolute atomic E-state index is 5.27. The van der Waals surface area contributed by atoms with Gasteiger partial charge in [0.2, 0.25) is 0 Å². The van der Waals surface area contributed by atoms with Crippen LogP contribution in [0.4, 0.5) is 5.69 Å². The Morgan fingerprint density at radius 1 is 1.38 bits per heavy atom. The third-order valence-electron chi connectivity index (χ3n) is 3.18. The molecule has 2 rings (SSSR count). The Morgan fingerprint density at radius 3 is 3.00 bits per heavy atom. The lowest BCUT2D eigenvalue weighted by molar-refractivity contribution is 0.186. The van der Waals surface area contributed by atoms with Crippen LogP contribution in [0.5, 0.6) is 5.75 Å². The van der Waals surface area contributed by atoms with E-state index in [1.54, 1.807) is 14.2 Å². The number of anilines is 1. The van der Waals surface area contributed by atoms with Crippen molar-refractivity contribution < 1.29 is 9.47 Å². The molecule has 0 aliphatic carbocycles. The second kappa shape index (κ2) is 5.21. The molecule has 0 bridgehead atoms. The zero-order valence-corrected chi connectivity index (χ0v) is 9.95. The second-order valence-electron chi connectivity index (χ2n) is 4.15. The molecule has 3 nitrogen and oxygen atoms in total. The molecular formula is C13H19NO2. The Morgan fingerprint density at radius 2 is 2.25 bits per heavy atom. The molecule has 1 aromatic carbocycles. The average molecular weight is 221 g/mol. The molecule has 0 radical (unpaired) electrons. The molecule has 88 valence electrons. The fraction of sp³-hybridized carbons (Fsp3) is 0.538. The van der Waals surface area contributed by atoms with Crippen molar-refractivity contribution in [2.75, 3.05) is 32.7 Å². The summed E-state index contributed by atoms with van der Waals surface area (Å²) in [7, 11) is 3.47. The quantitative estimate of drug-likeness (QED) is 0.847. The van der Waals surface area contributed by atoms with Crippen molar-refractivity contribution in [3.63, 3.8) is 0 Å². The zero-order chi connectivity index (χ0) is 11.4. The fourth-order valence-electron chi connectivity index (χ4n) is 2.26. The summed E-state index contributed by atoms with van der Waals surface area (Å²) in [6, 6.07) is 6.25. The molecule has 1 aromatic rings. The minimum atomic E-state index is 0.589. The van der Waals surface area contributed by atoms with E-state index in [4.69, 9.17) is 9.47 Å². The second-order valence-corrected chi connectivity index (χ2v) is 4.15. The van der Waals surface area contributed by atoms with Gasteiger partial charge in [0.25, 0.3) is 0 Å². The number of ether oxygens (including phenoxy) is 2. The maximum Gasteiger partial charge on any atom is 0.119 e. The molecule has 1 unspecified atom stereocenters. The highest BCUT2D eigenvalue weighted by molar-refractivity contribution is 5.57. The Kier molecular flexibility index (Phi) is 3.67. The molecule has 0 spiro atoms. The first-order valence-corrected chi connectivity index (χ1v) is 5.76. The lowest BCUT2D eigenvalue weighted by atomic mass is 9.88. The van der Waals surface area contributed by atoms with E-state index in [-0.39, 0.29) is 0 Å². The van der Waals surface area contributed by atoms with Crippen molar-refractivity contribution in [2.24, 2.45) is 0 Å². The predicted molar refractivity (Wildman–Crippen MR) is 65.3 cm³/mol. The SMILES string of the molecule is COCCC1CCNc2ccc(OC)cc21. The third-order valence-corrected chi connectivity index (χ3v) is 3.18. The highest BCUT2D eigenvalue weighted by atomic mass is 16.5. The van der Waals surface area contributed by atoms with Gasteiger partial charge in [0, 0.05) is 25.9 Å². The van der Waals surface area contributed by atoms with E-state index in [1.165, 1.54) is 17.7 Å². The van der Waals surface area contributed by atoms with Crippen molar-refractivity contribution in [3.05, 3.63) is 23.8 Å². The maximum atomic E-state index is 5.27. The molecule has 0 saturated carbocycles. The summed E-state index contributed by atoms with van der Waals surface area (Å²) in [6.07, 6.45) is 2.25. The van der Waals surface area contributed by atoms with Crippen molar-refractivity contribution in [3.8, 4) is 5.75 Å². The summed E-state index contributed by atoms with van der Waals surface area (Å²) in [5.41, 5.74) is 2.61. The zero-order valence-electron chi connectivity index (χ0n) is 9.95. The third kappa shape index (κ3) is 2.30. The van der Waals surface area contributed by atoms with E-state index in [0.29, 0.717) is 5.92 Å². The fourth-order valence-corrected chi connectivity index (χ4v) is 2.26. The summed E-state index contributed by atoms with van der Waals surface area (Å²) in [5.74, 6) is 1.52. The van der Waals surface area contributed by atoms with Crippen molar-refractivity contribution >= 4 is 5.69 Å². The summed E-state index contributed by atoms with van der Waals surface area (Å²) >= 11 is 0. The van der Waals surface area contributed by atoms with E-state index in [2.05, 4.69) is 17.4 Å². The molecule has 0 saturated heterocycles. The number of nitrogens with one attached hydrogen (secondary N) is 1. The minimum Gasteiger partial charge on any atom is -0.497 e. The Hall–Kier alpha value is -1.22. The van der Waals surface area contributed by atoms with Gasteiger partial charge < -0.3 is 14.8 Å². The number of benzene rings is 1. The summed E-state index contributed by atoms with van der Waals surface area (Å²) in [4.78, 5) is 0. The summed E-state index contributed by atoms with van der Waals surface area (Å²) in [5, 5.41) is 3.42. The van der Waals surface area contributed by atoms with Crippen molar-refractivity contribution in [2.45, 2.75) is 18.8 Å². The van der Waals surface area contributed by atoms with Gasteiger partial charge in [-0.1, -0.05) is 0 Å². The van der Waals surface area contributed by atoms with Gasteiger partial charge in [-0.05, 0) is 42.5 Å². The van der Waals surface area contributed by atoms with E-state index < -0.39 is 0 Å². The van der Waals surface area contributed by atoms with Crippen LogP contribution in [0.25, 0.3) is 0 Å². The molecule has 0 fully saturated rings. The van der Waals surface area contributed by atoms with Crippen LogP contribution in [0.3, 0.4) is 0 Å². The number of rotatable bonds is 4. The number of fused-ring (bicyclic) bond motifs is 1. The van der Waals surface area contributed by atoms with Gasteiger partial charge in [-0.3, -0.25) is 0 Å². The summed E-state index contributed by atoms with van der Waals surface area (Å²) in [6.45, 7) is 1.87. The first-order valence-electron chi connectivity index (χ1n) is 5.76. The molecule has 1 N–H and O–H groups in total. The van der Waals surface area contributed by atoms with Crippen LogP contribution in [-0.4, -0.2) is 27.4 Å². The van der Waals surface area contributed by atoms with Gasteiger partial charge >= 0.3 is 0 Å². The first-order chi connectivity index (χ1) is 7.85. The van der Waals surface area contributed by atoms with Crippen LogP contribution in [-0.2, 0) is 4.74 Å². The number of methoxy groups -OCH3 is 2. The van der Waals surface area contributed by atoms with Crippen LogP contribution in [0.15, 0.2) is 18.2 Å². The normalized spacial score (nSPS) is 18.8. The monoisotopic (exact) mass is 221 g/mol. The summed E-state index contributed by atoms with van der Waals surface area (Å²) < 4.78 is 10.4. The molecule has 1 aliphatic heterocycles. The molecule has 1 aliphatic rings. The highest BCUT2D eigenvalue weighted by Crippen LogP contribution is 2.36. The minimum absolute atomic E-state index is 0.589. The highest BCUT2D eigenvalue weighted by Gasteiger charge is 2.20. The van der Waals surface area contributed by atoms with Gasteiger partial charge in [0.1, 0.15) is 5.75 Å². The Labute approximate surface area is 96.8 Å². The van der Waals surface area contributed by atoms with E-state index >= 15 is 0 Å². The molecule has 0 amide bonds. The van der Waals surface area contributed by atoms with Gasteiger partial charge in [-0.2, -0.15) is 0 Å². The molecule has 0 aromatic heterocycles. The predicted octanol–water partition coefficient (Wildman–Crippen LogP) is 2.63. The van der Waals surface area contributed by atoms with Gasteiger partial charge in [-0.25, -0.2) is 0 Å². The van der Waals surface area contributed by atoms with Crippen LogP contribution in [0.2, 0.25) is 0 Å². The largest absolute Gasteiger partial charge is 0.497 e. The van der Waals surface area contributed by atoms with Gasteiger partial charge in [-0.15, -0.1) is 0 Å². The van der Waals surface area contributed by atoms with Gasteiger partial charge in [0.05, 0.1) is 7.11 Å². The van der Waals surface area contributed by atoms with Crippen molar-refractivity contribution in [1.29, 1.82) is 0 Å². The standard InChI is InChI=1S/C13H19NO2/c1-15-8-6-10-5-7-14-13-4-3-11(16-2)9-12(10)13/h3-4,9-10,14H,5-8H2,1-2H3. The molecule has 1 heterocycles. The van der Waals surface area contributed by atoms with E-state index in [1.807, 2.05) is 6.07 Å². The number of hydrogen-bond donors (Lipinski definition) is 1. The Balaban J connectivity index is 2.21. The van der Waals surface area contributed by atoms with Gasteiger partial charge in [0.15, 0.2) is 0 Å². The average Bonchev–Trinajstić information content (AvgIpc) is 2.35. The molecule has 1 atom stereocenters. The van der Waals surface area contributed by atoms with E-state index in [0.717, 1.165) is 25.3 Å². The van der Waals surface area contributed by atoms with Crippen LogP contribution in [0.1, 0.15) is 24.3 Å². The van der Waals surface area contributed by atoms with E-state index in [9.17, 15) is 0 Å². The number of hydrogen-bond acceptors (Lipinski definition) is 3. The van der Waals surface area contributed by atoms with Crippen LogP contribution < -0.4 is 10.1 Å². The molecule has 3 heteroatoms. The van der Waals surface area contributed by atoms with Crippen LogP contribution in [0, 0.1) is 0 Å². The van der Waals surface area contributed by atoms with Crippen molar-refractivity contribution in [1.82, 2.24) is 0 Å². The lowest BCUT2D eigenvalue weighted by Gasteiger charge is -2.27. The molecule has 16 heavy (non-hydrogen) atoms. The topological polar surface area (TPSA) is 30.5 Å². The lowest BCUT2D eigenvalue weighted by Crippen LogP contribution is -2.17. The molecular weight excluding hydrogens is 202 g/mol. The van der Waals surface area contributed by atoms with Crippen LogP contribution >= 0.6 is 0 Å². The first kappa shape index (κ1) is 11.3.